The number of nitrogens with zero attached hydrogens (tertiary/aromatic N) is 2. The van der Waals surface area contributed by atoms with Crippen LogP contribution in [0.4, 0.5) is 0 Å². The predicted molar refractivity (Wildman–Crippen MR) is 150 cm³/mol. The number of aromatic nitrogens is 2. The molecule has 4 aromatic rings. The van der Waals surface area contributed by atoms with Crippen LogP contribution in [0.25, 0.3) is 11.0 Å². The second-order valence-corrected chi connectivity index (χ2v) is 10.9. The van der Waals surface area contributed by atoms with Crippen LogP contribution >= 0.6 is 0 Å². The van der Waals surface area contributed by atoms with Crippen molar-refractivity contribution < 1.29 is 4.79 Å². The van der Waals surface area contributed by atoms with Crippen LogP contribution in [0.2, 0.25) is 0 Å². The number of para-hydroxylation sites is 2. The molecule has 1 heterocycles. The van der Waals surface area contributed by atoms with Crippen LogP contribution in [-0.2, 0) is 18.4 Å². The van der Waals surface area contributed by atoms with Gasteiger partial charge in [0.15, 0.2) is 0 Å². The highest BCUT2D eigenvalue weighted by molar-refractivity contribution is 5.95. The molecule has 0 fully saturated rings. The summed E-state index contributed by atoms with van der Waals surface area (Å²) < 4.78 is 2.36. The first-order valence-corrected chi connectivity index (χ1v) is 13.1. The quantitative estimate of drug-likeness (QED) is 0.258. The number of amides is 1. The number of fused-ring (bicyclic) bond motifs is 1. The van der Waals surface area contributed by atoms with Gasteiger partial charge >= 0.3 is 0 Å². The molecule has 188 valence electrons. The van der Waals surface area contributed by atoms with Crippen molar-refractivity contribution in [1.29, 1.82) is 0 Å². The van der Waals surface area contributed by atoms with Crippen molar-refractivity contribution in [2.75, 3.05) is 6.54 Å². The van der Waals surface area contributed by atoms with Gasteiger partial charge in [-0.3, -0.25) is 4.79 Å². The SMILES string of the molecule is Cc1ccc(C(=O)NCCCCCc2nc3ccccc3n2Cc2ccc(C(C)(C)C)cc2)c(C)c1. The van der Waals surface area contributed by atoms with Crippen LogP contribution in [-0.4, -0.2) is 22.0 Å². The van der Waals surface area contributed by atoms with Gasteiger partial charge in [-0.15, -0.1) is 0 Å². The number of aryl methyl sites for hydroxylation is 3. The van der Waals surface area contributed by atoms with E-state index in [1.807, 2.05) is 26.0 Å². The third kappa shape index (κ3) is 6.23. The number of rotatable bonds is 9. The molecule has 0 atom stereocenters. The Morgan fingerprint density at radius 2 is 1.67 bits per heavy atom. The van der Waals surface area contributed by atoms with Gasteiger partial charge in [-0.2, -0.15) is 0 Å². The van der Waals surface area contributed by atoms with E-state index in [1.165, 1.54) is 22.2 Å². The van der Waals surface area contributed by atoms with Crippen molar-refractivity contribution in [2.45, 2.75) is 72.3 Å². The van der Waals surface area contributed by atoms with E-state index < -0.39 is 0 Å². The van der Waals surface area contributed by atoms with E-state index in [4.69, 9.17) is 4.98 Å². The minimum absolute atomic E-state index is 0.0202. The van der Waals surface area contributed by atoms with E-state index in [9.17, 15) is 4.79 Å². The van der Waals surface area contributed by atoms with E-state index in [2.05, 4.69) is 85.3 Å². The van der Waals surface area contributed by atoms with Gasteiger partial charge in [-0.25, -0.2) is 4.98 Å². The van der Waals surface area contributed by atoms with Gasteiger partial charge in [0.05, 0.1) is 11.0 Å². The Labute approximate surface area is 215 Å². The lowest BCUT2D eigenvalue weighted by Gasteiger charge is -2.19. The molecule has 4 nitrogen and oxygen atoms in total. The van der Waals surface area contributed by atoms with E-state index in [0.717, 1.165) is 54.7 Å². The fraction of sp³-hybridized carbons (Fsp3) is 0.375. The van der Waals surface area contributed by atoms with Gasteiger partial charge in [-0.05, 0) is 67.0 Å². The molecule has 0 spiro atoms. The first kappa shape index (κ1) is 25.7. The zero-order valence-corrected chi connectivity index (χ0v) is 22.4. The molecule has 0 unspecified atom stereocenters. The van der Waals surface area contributed by atoms with Gasteiger partial charge in [0.2, 0.25) is 0 Å². The van der Waals surface area contributed by atoms with Crippen molar-refractivity contribution in [3.05, 3.63) is 100 Å². The summed E-state index contributed by atoms with van der Waals surface area (Å²) in [4.78, 5) is 17.5. The van der Waals surface area contributed by atoms with E-state index in [-0.39, 0.29) is 11.3 Å². The molecule has 0 saturated carbocycles. The van der Waals surface area contributed by atoms with Gasteiger partial charge in [0.1, 0.15) is 5.82 Å². The maximum absolute atomic E-state index is 12.5. The summed E-state index contributed by atoms with van der Waals surface area (Å²) in [7, 11) is 0. The highest BCUT2D eigenvalue weighted by atomic mass is 16.1. The lowest BCUT2D eigenvalue weighted by Crippen LogP contribution is -2.25. The molecule has 0 aliphatic rings. The average Bonchev–Trinajstić information content (AvgIpc) is 3.18. The number of carbonyl (C=O) groups is 1. The summed E-state index contributed by atoms with van der Waals surface area (Å²) in [6.07, 6.45) is 3.99. The summed E-state index contributed by atoms with van der Waals surface area (Å²) in [5, 5.41) is 3.08. The van der Waals surface area contributed by atoms with Crippen LogP contribution in [0.5, 0.6) is 0 Å². The summed E-state index contributed by atoms with van der Waals surface area (Å²) in [5.41, 5.74) is 8.02. The lowest BCUT2D eigenvalue weighted by molar-refractivity contribution is 0.0952. The molecule has 3 aromatic carbocycles. The minimum atomic E-state index is 0.0202. The fourth-order valence-electron chi connectivity index (χ4n) is 4.74. The van der Waals surface area contributed by atoms with Crippen LogP contribution in [0.3, 0.4) is 0 Å². The average molecular weight is 482 g/mol. The van der Waals surface area contributed by atoms with Gasteiger partial charge in [-0.1, -0.05) is 81.3 Å². The Hall–Kier alpha value is -3.40. The van der Waals surface area contributed by atoms with Crippen molar-refractivity contribution in [3.63, 3.8) is 0 Å². The van der Waals surface area contributed by atoms with Crippen LogP contribution in [0.15, 0.2) is 66.7 Å². The molecule has 0 saturated heterocycles. The first-order chi connectivity index (χ1) is 17.2. The van der Waals surface area contributed by atoms with Crippen molar-refractivity contribution >= 4 is 16.9 Å². The van der Waals surface area contributed by atoms with Crippen LogP contribution in [0.1, 0.15) is 78.5 Å². The summed E-state index contributed by atoms with van der Waals surface area (Å²) >= 11 is 0. The molecule has 4 heteroatoms. The Bertz CT molecular complexity index is 1330. The number of unbranched alkanes of at least 4 members (excludes halogenated alkanes) is 2. The second-order valence-electron chi connectivity index (χ2n) is 10.9. The largest absolute Gasteiger partial charge is 0.352 e. The standard InChI is InChI=1S/C32H39N3O/c1-23-14-19-27(24(2)21-23)31(36)33-20-10-6-7-13-30-34-28-11-8-9-12-29(28)35(30)22-25-15-17-26(18-16-25)32(3,4)5/h8-9,11-12,14-19,21H,6-7,10,13,20,22H2,1-5H3,(H,33,36). The molecule has 36 heavy (non-hydrogen) atoms. The monoisotopic (exact) mass is 481 g/mol. The van der Waals surface area contributed by atoms with Crippen LogP contribution < -0.4 is 5.32 Å². The zero-order chi connectivity index (χ0) is 25.7. The third-order valence-corrected chi connectivity index (χ3v) is 6.88. The molecule has 0 aliphatic heterocycles. The highest BCUT2D eigenvalue weighted by Crippen LogP contribution is 2.24. The van der Waals surface area contributed by atoms with Gasteiger partial charge in [0, 0.05) is 25.1 Å². The minimum Gasteiger partial charge on any atom is -0.352 e. The number of carbonyl (C=O) groups excluding carboxylic acids is 1. The van der Waals surface area contributed by atoms with Crippen molar-refractivity contribution in [2.24, 2.45) is 0 Å². The summed E-state index contributed by atoms with van der Waals surface area (Å²) in [6, 6.07) is 23.4. The number of imidazole rings is 1. The maximum atomic E-state index is 12.5. The maximum Gasteiger partial charge on any atom is 0.251 e. The molecular formula is C32H39N3O. The summed E-state index contributed by atoms with van der Waals surface area (Å²) in [5.74, 6) is 1.15. The second kappa shape index (κ2) is 11.1. The van der Waals surface area contributed by atoms with E-state index >= 15 is 0 Å². The topological polar surface area (TPSA) is 46.9 Å². The molecular weight excluding hydrogens is 442 g/mol. The van der Waals surface area contributed by atoms with E-state index in [0.29, 0.717) is 6.54 Å². The Kier molecular flexibility index (Phi) is 7.93. The number of benzene rings is 3. The van der Waals surface area contributed by atoms with Crippen LogP contribution in [0, 0.1) is 13.8 Å². The smallest absolute Gasteiger partial charge is 0.251 e. The lowest BCUT2D eigenvalue weighted by atomic mass is 9.87. The fourth-order valence-corrected chi connectivity index (χ4v) is 4.74. The van der Waals surface area contributed by atoms with Crippen molar-refractivity contribution in [1.82, 2.24) is 14.9 Å². The molecule has 0 bridgehead atoms. The van der Waals surface area contributed by atoms with Crippen molar-refractivity contribution in [3.8, 4) is 0 Å². The summed E-state index contributed by atoms with van der Waals surface area (Å²) in [6.45, 7) is 12.3. The zero-order valence-electron chi connectivity index (χ0n) is 22.4. The normalized spacial score (nSPS) is 11.7. The highest BCUT2D eigenvalue weighted by Gasteiger charge is 2.15. The molecule has 0 aliphatic carbocycles. The van der Waals surface area contributed by atoms with Gasteiger partial charge < -0.3 is 9.88 Å². The molecule has 1 aromatic heterocycles. The predicted octanol–water partition coefficient (Wildman–Crippen LogP) is 7.14. The molecule has 0 radical (unpaired) electrons. The number of hydrogen-bond acceptors (Lipinski definition) is 2. The molecule has 1 N–H and O–H groups in total. The Balaban J connectivity index is 1.34. The Morgan fingerprint density at radius 1 is 0.917 bits per heavy atom. The van der Waals surface area contributed by atoms with Gasteiger partial charge in [0.25, 0.3) is 5.91 Å². The Morgan fingerprint density at radius 3 is 2.39 bits per heavy atom. The first-order valence-electron chi connectivity index (χ1n) is 13.1. The van der Waals surface area contributed by atoms with E-state index in [1.54, 1.807) is 0 Å². The molecule has 1 amide bonds. The number of hydrogen-bond donors (Lipinski definition) is 1. The molecule has 4 rings (SSSR count). The third-order valence-electron chi connectivity index (χ3n) is 6.88. The number of nitrogens with one attached hydrogen (secondary N) is 1.